The van der Waals surface area contributed by atoms with E-state index in [2.05, 4.69) is 11.8 Å². The minimum atomic E-state index is -0.505. The van der Waals surface area contributed by atoms with Crippen molar-refractivity contribution < 1.29 is 14.6 Å². The first-order chi connectivity index (χ1) is 5.88. The number of carbonyl (C=O) groups excluding carboxylic acids is 1. The topological polar surface area (TPSA) is 46.5 Å². The van der Waals surface area contributed by atoms with Gasteiger partial charge in [-0.1, -0.05) is 11.8 Å². The van der Waals surface area contributed by atoms with Crippen molar-refractivity contribution in [1.82, 2.24) is 0 Å². The van der Waals surface area contributed by atoms with Gasteiger partial charge in [0.2, 0.25) is 0 Å². The van der Waals surface area contributed by atoms with Gasteiger partial charge >= 0.3 is 5.97 Å². The lowest BCUT2D eigenvalue weighted by atomic mass is 9.97. The van der Waals surface area contributed by atoms with Crippen LogP contribution in [0.25, 0.3) is 0 Å². The summed E-state index contributed by atoms with van der Waals surface area (Å²) in [7, 11) is 0. The highest BCUT2D eigenvalue weighted by molar-refractivity contribution is 5.75. The fraction of sp³-hybridized carbons (Fsp3) is 0.700. The summed E-state index contributed by atoms with van der Waals surface area (Å²) >= 11 is 0. The molecule has 0 rings (SSSR count). The molecule has 0 heterocycles. The van der Waals surface area contributed by atoms with Crippen LogP contribution in [0.1, 0.15) is 27.7 Å². The molecule has 0 amide bonds. The first-order valence-corrected chi connectivity index (χ1v) is 4.18. The van der Waals surface area contributed by atoms with E-state index >= 15 is 0 Å². The van der Waals surface area contributed by atoms with Crippen LogP contribution in [0, 0.1) is 17.3 Å². The van der Waals surface area contributed by atoms with Crippen molar-refractivity contribution >= 4 is 5.97 Å². The van der Waals surface area contributed by atoms with Crippen molar-refractivity contribution in [3.8, 4) is 11.8 Å². The average Bonchev–Trinajstić information content (AvgIpc) is 1.99. The van der Waals surface area contributed by atoms with Gasteiger partial charge < -0.3 is 9.84 Å². The Labute approximate surface area is 79.1 Å². The minimum Gasteiger partial charge on any atom is -0.449 e. The molecule has 3 nitrogen and oxygen atoms in total. The maximum Gasteiger partial charge on any atom is 0.312 e. The van der Waals surface area contributed by atoms with E-state index < -0.39 is 11.5 Å². The summed E-state index contributed by atoms with van der Waals surface area (Å²) in [6.07, 6.45) is -0.459. The third kappa shape index (κ3) is 5.26. The Morgan fingerprint density at radius 1 is 1.54 bits per heavy atom. The van der Waals surface area contributed by atoms with Crippen LogP contribution >= 0.6 is 0 Å². The number of hydrogen-bond acceptors (Lipinski definition) is 3. The number of hydrogen-bond donors (Lipinski definition) is 1. The molecule has 3 heteroatoms. The number of aliphatic hydroxyl groups excluding tert-OH is 1. The maximum atomic E-state index is 11.3. The molecule has 1 atom stereocenters. The molecule has 0 aliphatic carbocycles. The molecule has 0 aromatic heterocycles. The van der Waals surface area contributed by atoms with Crippen molar-refractivity contribution in [3.63, 3.8) is 0 Å². The van der Waals surface area contributed by atoms with E-state index in [1.165, 1.54) is 0 Å². The average molecular weight is 184 g/mol. The van der Waals surface area contributed by atoms with Gasteiger partial charge in [-0.05, 0) is 27.7 Å². The predicted molar refractivity (Wildman–Crippen MR) is 49.9 cm³/mol. The molecule has 0 radical (unpaired) electrons. The molecule has 0 aromatic rings. The predicted octanol–water partition coefficient (Wildman–Crippen LogP) is 0.960. The number of aliphatic hydroxyl groups is 1. The van der Waals surface area contributed by atoms with Crippen molar-refractivity contribution in [2.45, 2.75) is 33.8 Å². The zero-order valence-electron chi connectivity index (χ0n) is 8.55. The Hall–Kier alpha value is -1.01. The lowest BCUT2D eigenvalue weighted by Gasteiger charge is -2.17. The summed E-state index contributed by atoms with van der Waals surface area (Å²) in [5, 5.41) is 8.40. The second kappa shape index (κ2) is 4.88. The summed E-state index contributed by atoms with van der Waals surface area (Å²) in [5.74, 6) is 4.74. The van der Waals surface area contributed by atoms with E-state index in [9.17, 15) is 4.79 Å². The van der Waals surface area contributed by atoms with Gasteiger partial charge in [-0.2, -0.15) is 0 Å². The number of rotatable bonds is 1. The molecule has 13 heavy (non-hydrogen) atoms. The van der Waals surface area contributed by atoms with Gasteiger partial charge in [-0.25, -0.2) is 0 Å². The normalized spacial score (nSPS) is 12.7. The summed E-state index contributed by atoms with van der Waals surface area (Å²) in [6.45, 7) is 6.80. The molecule has 1 N–H and O–H groups in total. The van der Waals surface area contributed by atoms with E-state index in [-0.39, 0.29) is 12.6 Å². The van der Waals surface area contributed by atoms with E-state index in [0.717, 1.165) is 0 Å². The fourth-order valence-electron chi connectivity index (χ4n) is 0.556. The van der Waals surface area contributed by atoms with E-state index in [1.54, 1.807) is 27.7 Å². The van der Waals surface area contributed by atoms with E-state index in [1.807, 2.05) is 0 Å². The highest BCUT2D eigenvalue weighted by Gasteiger charge is 2.24. The summed E-state index contributed by atoms with van der Waals surface area (Å²) in [4.78, 5) is 11.3. The SMILES string of the molecule is CC(C#CCO)OC(=O)C(C)(C)C. The van der Waals surface area contributed by atoms with Gasteiger partial charge in [0.25, 0.3) is 0 Å². The standard InChI is InChI=1S/C10H16O3/c1-8(6-5-7-11)13-9(12)10(2,3)4/h8,11H,7H2,1-4H3. The Morgan fingerprint density at radius 2 is 2.08 bits per heavy atom. The van der Waals surface area contributed by atoms with Crippen LogP contribution in [0.3, 0.4) is 0 Å². The molecule has 0 spiro atoms. The van der Waals surface area contributed by atoms with Gasteiger partial charge in [-0.15, -0.1) is 0 Å². The van der Waals surface area contributed by atoms with Gasteiger partial charge in [0.05, 0.1) is 5.41 Å². The van der Waals surface area contributed by atoms with Crippen LogP contribution in [0.2, 0.25) is 0 Å². The molecular formula is C10H16O3. The zero-order chi connectivity index (χ0) is 10.5. The van der Waals surface area contributed by atoms with Crippen molar-refractivity contribution in [2.24, 2.45) is 5.41 Å². The van der Waals surface area contributed by atoms with Gasteiger partial charge in [0.15, 0.2) is 6.10 Å². The lowest BCUT2D eigenvalue weighted by molar-refractivity contribution is -0.155. The molecule has 1 unspecified atom stereocenters. The highest BCUT2D eigenvalue weighted by atomic mass is 16.5. The monoisotopic (exact) mass is 184 g/mol. The Balaban J connectivity index is 4.07. The van der Waals surface area contributed by atoms with Crippen LogP contribution < -0.4 is 0 Å². The zero-order valence-corrected chi connectivity index (χ0v) is 8.55. The molecular weight excluding hydrogens is 168 g/mol. The number of carbonyl (C=O) groups is 1. The molecule has 0 saturated heterocycles. The molecule has 0 aliphatic heterocycles. The van der Waals surface area contributed by atoms with Crippen molar-refractivity contribution in [2.75, 3.05) is 6.61 Å². The van der Waals surface area contributed by atoms with Crippen LogP contribution in [0.4, 0.5) is 0 Å². The summed E-state index contributed by atoms with van der Waals surface area (Å²) < 4.78 is 4.99. The van der Waals surface area contributed by atoms with Gasteiger partial charge in [-0.3, -0.25) is 4.79 Å². The van der Waals surface area contributed by atoms with Gasteiger partial charge in [0.1, 0.15) is 6.61 Å². The summed E-state index contributed by atoms with van der Waals surface area (Å²) in [5.41, 5.74) is -0.505. The van der Waals surface area contributed by atoms with Crippen molar-refractivity contribution in [1.29, 1.82) is 0 Å². The smallest absolute Gasteiger partial charge is 0.312 e. The molecule has 0 aliphatic rings. The quantitative estimate of drug-likeness (QED) is 0.487. The number of esters is 1. The molecule has 74 valence electrons. The largest absolute Gasteiger partial charge is 0.449 e. The third-order valence-electron chi connectivity index (χ3n) is 1.28. The summed E-state index contributed by atoms with van der Waals surface area (Å²) in [6, 6.07) is 0. The second-order valence-electron chi connectivity index (χ2n) is 3.78. The van der Waals surface area contributed by atoms with E-state index in [0.29, 0.717) is 0 Å². The van der Waals surface area contributed by atoms with Crippen LogP contribution in [-0.2, 0) is 9.53 Å². The van der Waals surface area contributed by atoms with Crippen molar-refractivity contribution in [3.05, 3.63) is 0 Å². The van der Waals surface area contributed by atoms with Crippen LogP contribution in [0.15, 0.2) is 0 Å². The highest BCUT2D eigenvalue weighted by Crippen LogP contribution is 2.15. The Kier molecular flexibility index (Phi) is 4.50. The minimum absolute atomic E-state index is 0.211. The Morgan fingerprint density at radius 3 is 2.46 bits per heavy atom. The van der Waals surface area contributed by atoms with Crippen LogP contribution in [-0.4, -0.2) is 23.8 Å². The lowest BCUT2D eigenvalue weighted by Crippen LogP contribution is -2.26. The Bertz CT molecular complexity index is 227. The first kappa shape index (κ1) is 12.0. The maximum absolute atomic E-state index is 11.3. The van der Waals surface area contributed by atoms with Gasteiger partial charge in [0, 0.05) is 0 Å². The fourth-order valence-corrected chi connectivity index (χ4v) is 0.556. The molecule has 0 bridgehead atoms. The molecule has 0 aromatic carbocycles. The first-order valence-electron chi connectivity index (χ1n) is 4.18. The third-order valence-corrected chi connectivity index (χ3v) is 1.28. The van der Waals surface area contributed by atoms with Crippen LogP contribution in [0.5, 0.6) is 0 Å². The number of ether oxygens (including phenoxy) is 1. The molecule has 0 saturated carbocycles. The molecule has 0 fully saturated rings. The second-order valence-corrected chi connectivity index (χ2v) is 3.78. The van der Waals surface area contributed by atoms with E-state index in [4.69, 9.17) is 9.84 Å².